The minimum atomic E-state index is -0.795. The lowest BCUT2D eigenvalue weighted by molar-refractivity contribution is -0.137. The molecule has 2 amide bonds. The maximum absolute atomic E-state index is 12.0. The van der Waals surface area contributed by atoms with Crippen molar-refractivity contribution in [3.05, 3.63) is 5.82 Å². The zero-order valence-corrected chi connectivity index (χ0v) is 12.0. The summed E-state index contributed by atoms with van der Waals surface area (Å²) < 4.78 is 4.00. The minimum Gasteiger partial charge on any atom is -0.481 e. The van der Waals surface area contributed by atoms with Gasteiger partial charge in [-0.05, 0) is 6.92 Å². The number of hydrogen-bond donors (Lipinski definition) is 2. The molecule has 1 aromatic heterocycles. The molecule has 0 aromatic carbocycles. The van der Waals surface area contributed by atoms with Crippen LogP contribution in [0.4, 0.5) is 9.93 Å². The van der Waals surface area contributed by atoms with Gasteiger partial charge >= 0.3 is 12.0 Å². The number of carboxylic acids is 1. The van der Waals surface area contributed by atoms with Crippen LogP contribution >= 0.6 is 11.5 Å². The van der Waals surface area contributed by atoms with E-state index in [9.17, 15) is 9.59 Å². The Labute approximate surface area is 120 Å². The van der Waals surface area contributed by atoms with Crippen LogP contribution in [-0.2, 0) is 4.79 Å². The van der Waals surface area contributed by atoms with Crippen molar-refractivity contribution in [2.45, 2.75) is 13.3 Å². The molecule has 9 heteroatoms. The third-order valence-corrected chi connectivity index (χ3v) is 3.76. The summed E-state index contributed by atoms with van der Waals surface area (Å²) >= 11 is 1.16. The van der Waals surface area contributed by atoms with E-state index in [2.05, 4.69) is 14.7 Å². The molecule has 2 rings (SSSR count). The lowest BCUT2D eigenvalue weighted by Crippen LogP contribution is -2.50. The molecule has 0 spiro atoms. The van der Waals surface area contributed by atoms with Crippen LogP contribution < -0.4 is 5.32 Å². The van der Waals surface area contributed by atoms with E-state index in [1.54, 1.807) is 11.8 Å². The largest absolute Gasteiger partial charge is 0.481 e. The second kappa shape index (κ2) is 6.62. The number of urea groups is 1. The van der Waals surface area contributed by atoms with E-state index < -0.39 is 5.97 Å². The monoisotopic (exact) mass is 299 g/mol. The molecule has 1 aromatic rings. The van der Waals surface area contributed by atoms with Gasteiger partial charge in [-0.1, -0.05) is 0 Å². The molecular formula is C11H17N5O3S. The molecule has 0 atom stereocenters. The Morgan fingerprint density at radius 1 is 1.35 bits per heavy atom. The van der Waals surface area contributed by atoms with Crippen molar-refractivity contribution in [2.24, 2.45) is 0 Å². The summed E-state index contributed by atoms with van der Waals surface area (Å²) in [5.74, 6) is -0.152. The van der Waals surface area contributed by atoms with Crippen LogP contribution in [0.15, 0.2) is 0 Å². The molecule has 0 radical (unpaired) electrons. The highest BCUT2D eigenvalue weighted by Crippen LogP contribution is 2.12. The van der Waals surface area contributed by atoms with Gasteiger partial charge in [-0.25, -0.2) is 9.78 Å². The Hall–Kier alpha value is -1.74. The SMILES string of the molecule is Cc1nsc(NC(=O)N2CCN(CCC(=O)O)CC2)n1. The van der Waals surface area contributed by atoms with Crippen molar-refractivity contribution < 1.29 is 14.7 Å². The van der Waals surface area contributed by atoms with E-state index >= 15 is 0 Å². The summed E-state index contributed by atoms with van der Waals surface area (Å²) in [7, 11) is 0. The van der Waals surface area contributed by atoms with Crippen molar-refractivity contribution in [1.82, 2.24) is 19.2 Å². The number of nitrogens with one attached hydrogen (secondary N) is 1. The van der Waals surface area contributed by atoms with Gasteiger partial charge < -0.3 is 10.0 Å². The number of piperazine rings is 1. The summed E-state index contributed by atoms with van der Waals surface area (Å²) in [6.07, 6.45) is 0.135. The van der Waals surface area contributed by atoms with E-state index in [0.29, 0.717) is 43.7 Å². The maximum atomic E-state index is 12.0. The average molecular weight is 299 g/mol. The third kappa shape index (κ3) is 4.14. The van der Waals surface area contributed by atoms with Gasteiger partial charge in [0, 0.05) is 44.3 Å². The molecule has 2 heterocycles. The van der Waals surface area contributed by atoms with Gasteiger partial charge in [0.2, 0.25) is 5.13 Å². The Morgan fingerprint density at radius 3 is 2.60 bits per heavy atom. The fourth-order valence-corrected chi connectivity index (χ4v) is 2.51. The first-order chi connectivity index (χ1) is 9.54. The van der Waals surface area contributed by atoms with E-state index in [4.69, 9.17) is 5.11 Å². The summed E-state index contributed by atoms with van der Waals surface area (Å²) in [6.45, 7) is 4.85. The number of hydrogen-bond acceptors (Lipinski definition) is 6. The zero-order valence-electron chi connectivity index (χ0n) is 11.2. The summed E-state index contributed by atoms with van der Waals surface area (Å²) in [5.41, 5.74) is 0. The molecule has 0 bridgehead atoms. The van der Waals surface area contributed by atoms with Crippen molar-refractivity contribution >= 4 is 28.7 Å². The van der Waals surface area contributed by atoms with Crippen LogP contribution in [0.3, 0.4) is 0 Å². The number of carbonyl (C=O) groups is 2. The van der Waals surface area contributed by atoms with Gasteiger partial charge in [-0.15, -0.1) is 0 Å². The van der Waals surface area contributed by atoms with Gasteiger partial charge in [0.1, 0.15) is 5.82 Å². The van der Waals surface area contributed by atoms with Crippen molar-refractivity contribution in [3.63, 3.8) is 0 Å². The lowest BCUT2D eigenvalue weighted by Gasteiger charge is -2.34. The average Bonchev–Trinajstić information content (AvgIpc) is 2.82. The number of rotatable bonds is 4. The van der Waals surface area contributed by atoms with Gasteiger partial charge in [0.15, 0.2) is 0 Å². The fourth-order valence-electron chi connectivity index (χ4n) is 1.95. The normalized spacial score (nSPS) is 16.1. The fraction of sp³-hybridized carbons (Fsp3) is 0.636. The second-order valence-corrected chi connectivity index (χ2v) is 5.30. The Balaban J connectivity index is 1.75. The van der Waals surface area contributed by atoms with Crippen molar-refractivity contribution in [3.8, 4) is 0 Å². The number of aliphatic carboxylic acids is 1. The van der Waals surface area contributed by atoms with Crippen LogP contribution in [0.2, 0.25) is 0 Å². The van der Waals surface area contributed by atoms with Crippen LogP contribution in [0.1, 0.15) is 12.2 Å². The first kappa shape index (κ1) is 14.7. The van der Waals surface area contributed by atoms with Crippen molar-refractivity contribution in [1.29, 1.82) is 0 Å². The second-order valence-electron chi connectivity index (χ2n) is 4.55. The molecule has 0 aliphatic carbocycles. The lowest BCUT2D eigenvalue weighted by atomic mass is 10.3. The molecule has 1 aliphatic heterocycles. The zero-order chi connectivity index (χ0) is 14.5. The molecule has 110 valence electrons. The summed E-state index contributed by atoms with van der Waals surface area (Å²) in [6, 6.07) is -0.181. The Kier molecular flexibility index (Phi) is 4.85. The number of aryl methyl sites for hydroxylation is 1. The van der Waals surface area contributed by atoms with E-state index in [1.807, 2.05) is 4.90 Å². The number of amides is 2. The molecule has 1 saturated heterocycles. The van der Waals surface area contributed by atoms with Crippen LogP contribution in [-0.4, -0.2) is 69.0 Å². The predicted octanol–water partition coefficient (Wildman–Crippen LogP) is 0.471. The van der Waals surface area contributed by atoms with E-state index in [1.165, 1.54) is 0 Å². The quantitative estimate of drug-likeness (QED) is 0.838. The number of carbonyl (C=O) groups excluding carboxylic acids is 1. The van der Waals surface area contributed by atoms with E-state index in [-0.39, 0.29) is 12.5 Å². The van der Waals surface area contributed by atoms with Crippen molar-refractivity contribution in [2.75, 3.05) is 38.0 Å². The van der Waals surface area contributed by atoms with Crippen LogP contribution in [0.25, 0.3) is 0 Å². The highest BCUT2D eigenvalue weighted by molar-refractivity contribution is 7.09. The minimum absolute atomic E-state index is 0.135. The molecule has 1 fully saturated rings. The molecule has 8 nitrogen and oxygen atoms in total. The molecule has 1 aliphatic rings. The van der Waals surface area contributed by atoms with E-state index in [0.717, 1.165) is 11.5 Å². The van der Waals surface area contributed by atoms with Gasteiger partial charge in [0.25, 0.3) is 0 Å². The predicted molar refractivity (Wildman–Crippen MR) is 73.9 cm³/mol. The van der Waals surface area contributed by atoms with Gasteiger partial charge in [-0.3, -0.25) is 15.0 Å². The number of aromatic nitrogens is 2. The first-order valence-corrected chi connectivity index (χ1v) is 7.12. The van der Waals surface area contributed by atoms with Gasteiger partial charge in [-0.2, -0.15) is 4.37 Å². The standard InChI is InChI=1S/C11H17N5O3S/c1-8-12-10(20-14-8)13-11(19)16-6-4-15(5-7-16)3-2-9(17)18/h2-7H2,1H3,(H,17,18)(H,12,13,14,19). The number of anilines is 1. The molecular weight excluding hydrogens is 282 g/mol. The molecule has 0 unspecified atom stereocenters. The third-order valence-electron chi connectivity index (χ3n) is 3.04. The smallest absolute Gasteiger partial charge is 0.323 e. The highest BCUT2D eigenvalue weighted by Gasteiger charge is 2.21. The number of carboxylic acid groups (broad SMARTS) is 1. The molecule has 2 N–H and O–H groups in total. The van der Waals surface area contributed by atoms with Crippen LogP contribution in [0.5, 0.6) is 0 Å². The van der Waals surface area contributed by atoms with Gasteiger partial charge in [0.05, 0.1) is 6.42 Å². The topological polar surface area (TPSA) is 98.7 Å². The summed E-state index contributed by atoms with van der Waals surface area (Å²) in [5, 5.41) is 11.9. The summed E-state index contributed by atoms with van der Waals surface area (Å²) in [4.78, 5) is 30.3. The first-order valence-electron chi connectivity index (χ1n) is 6.35. The molecule has 20 heavy (non-hydrogen) atoms. The maximum Gasteiger partial charge on any atom is 0.323 e. The molecule has 0 saturated carbocycles. The number of nitrogens with zero attached hydrogens (tertiary/aromatic N) is 4. The highest BCUT2D eigenvalue weighted by atomic mass is 32.1. The Bertz CT molecular complexity index is 484. The Morgan fingerprint density at radius 2 is 2.05 bits per heavy atom. The van der Waals surface area contributed by atoms with Crippen LogP contribution in [0, 0.1) is 6.92 Å².